The summed E-state index contributed by atoms with van der Waals surface area (Å²) in [5.74, 6) is -1.07. The van der Waals surface area contributed by atoms with Crippen LogP contribution in [0.1, 0.15) is 17.3 Å². The predicted molar refractivity (Wildman–Crippen MR) is 68.1 cm³/mol. The maximum atomic E-state index is 11.8. The molecule has 0 aliphatic rings. The molecule has 0 saturated heterocycles. The van der Waals surface area contributed by atoms with Crippen LogP contribution in [0.2, 0.25) is 0 Å². The Labute approximate surface area is 110 Å². The summed E-state index contributed by atoms with van der Waals surface area (Å²) in [5.41, 5.74) is -0.601. The number of benzene rings is 1. The number of nitro benzene ring substituents is 1. The second-order valence-electron chi connectivity index (χ2n) is 4.20. The molecule has 7 nitrogen and oxygen atoms in total. The van der Waals surface area contributed by atoms with E-state index in [2.05, 4.69) is 5.32 Å². The van der Waals surface area contributed by atoms with E-state index in [0.29, 0.717) is 13.2 Å². The van der Waals surface area contributed by atoms with E-state index in [1.54, 1.807) is 7.11 Å². The van der Waals surface area contributed by atoms with Gasteiger partial charge in [-0.3, -0.25) is 14.9 Å². The lowest BCUT2D eigenvalue weighted by Gasteiger charge is -2.12. The van der Waals surface area contributed by atoms with Crippen LogP contribution in [-0.4, -0.2) is 36.2 Å². The average molecular weight is 268 g/mol. The predicted octanol–water partition coefficient (Wildman–Crippen LogP) is 1.31. The number of aromatic hydroxyl groups is 1. The molecule has 0 spiro atoms. The highest BCUT2D eigenvalue weighted by atomic mass is 16.6. The molecule has 0 bridgehead atoms. The van der Waals surface area contributed by atoms with Crippen molar-refractivity contribution in [1.29, 1.82) is 0 Å². The number of amides is 1. The molecule has 0 heterocycles. The largest absolute Gasteiger partial charge is 0.502 e. The van der Waals surface area contributed by atoms with Crippen molar-refractivity contribution in [3.63, 3.8) is 0 Å². The minimum absolute atomic E-state index is 0.106. The van der Waals surface area contributed by atoms with E-state index >= 15 is 0 Å². The Kier molecular flexibility index (Phi) is 5.25. The van der Waals surface area contributed by atoms with E-state index in [4.69, 9.17) is 4.74 Å². The quantitative estimate of drug-likeness (QED) is 0.598. The molecule has 0 aliphatic carbocycles. The van der Waals surface area contributed by atoms with Crippen LogP contribution in [0.15, 0.2) is 18.2 Å². The fourth-order valence-corrected chi connectivity index (χ4v) is 1.57. The fraction of sp³-hybridized carbons (Fsp3) is 0.417. The summed E-state index contributed by atoms with van der Waals surface area (Å²) < 4.78 is 4.93. The number of carbonyl (C=O) groups is 1. The molecule has 0 fully saturated rings. The zero-order chi connectivity index (χ0) is 14.4. The molecule has 0 radical (unpaired) electrons. The van der Waals surface area contributed by atoms with E-state index in [9.17, 15) is 20.0 Å². The van der Waals surface area contributed by atoms with Gasteiger partial charge in [0.15, 0.2) is 0 Å². The SMILES string of the molecule is COCC(C)CNC(=O)c1cccc([N+](=O)[O-])c1O. The minimum atomic E-state index is -0.736. The lowest BCUT2D eigenvalue weighted by atomic mass is 10.1. The molecule has 0 aliphatic heterocycles. The van der Waals surface area contributed by atoms with Crippen molar-refractivity contribution in [3.8, 4) is 5.75 Å². The first-order chi connectivity index (χ1) is 8.97. The number of nitrogens with zero attached hydrogens (tertiary/aromatic N) is 1. The Hall–Kier alpha value is -2.15. The van der Waals surface area contributed by atoms with Crippen LogP contribution in [0.3, 0.4) is 0 Å². The average Bonchev–Trinajstić information content (AvgIpc) is 2.36. The first-order valence-corrected chi connectivity index (χ1v) is 5.70. The number of rotatable bonds is 6. The summed E-state index contributed by atoms with van der Waals surface area (Å²) in [5, 5.41) is 22.9. The molecular weight excluding hydrogens is 252 g/mol. The minimum Gasteiger partial charge on any atom is -0.502 e. The van der Waals surface area contributed by atoms with E-state index in [1.165, 1.54) is 12.1 Å². The van der Waals surface area contributed by atoms with Gasteiger partial charge in [0.05, 0.1) is 17.1 Å². The van der Waals surface area contributed by atoms with Crippen LogP contribution < -0.4 is 5.32 Å². The van der Waals surface area contributed by atoms with Crippen molar-refractivity contribution in [2.24, 2.45) is 5.92 Å². The highest BCUT2D eigenvalue weighted by Gasteiger charge is 2.20. The van der Waals surface area contributed by atoms with Gasteiger partial charge in [-0.05, 0) is 12.0 Å². The van der Waals surface area contributed by atoms with Gasteiger partial charge in [-0.1, -0.05) is 13.0 Å². The maximum Gasteiger partial charge on any atom is 0.311 e. The van der Waals surface area contributed by atoms with Crippen LogP contribution in [0.25, 0.3) is 0 Å². The lowest BCUT2D eigenvalue weighted by molar-refractivity contribution is -0.385. The normalized spacial score (nSPS) is 11.9. The number of hydrogen-bond donors (Lipinski definition) is 2. The monoisotopic (exact) mass is 268 g/mol. The standard InChI is InChI=1S/C12H16N2O5/c1-8(7-19-2)6-13-12(16)9-4-3-5-10(11(9)15)14(17)18/h3-5,8,15H,6-7H2,1-2H3,(H,13,16). The Balaban J connectivity index is 2.78. The van der Waals surface area contributed by atoms with Gasteiger partial charge in [0, 0.05) is 19.7 Å². The summed E-state index contributed by atoms with van der Waals surface area (Å²) in [7, 11) is 1.56. The molecule has 1 unspecified atom stereocenters. The molecule has 1 aromatic rings. The van der Waals surface area contributed by atoms with Crippen LogP contribution in [0, 0.1) is 16.0 Å². The topological polar surface area (TPSA) is 102 Å². The second-order valence-corrected chi connectivity index (χ2v) is 4.20. The van der Waals surface area contributed by atoms with Crippen molar-refractivity contribution in [3.05, 3.63) is 33.9 Å². The smallest absolute Gasteiger partial charge is 0.311 e. The molecule has 104 valence electrons. The molecule has 1 aromatic carbocycles. The third kappa shape index (κ3) is 3.92. The third-order valence-corrected chi connectivity index (χ3v) is 2.52. The highest BCUT2D eigenvalue weighted by molar-refractivity contribution is 5.98. The Morgan fingerprint density at radius 3 is 2.84 bits per heavy atom. The first-order valence-electron chi connectivity index (χ1n) is 5.70. The summed E-state index contributed by atoms with van der Waals surface area (Å²) in [6, 6.07) is 3.82. The van der Waals surface area contributed by atoms with Gasteiger partial charge in [-0.2, -0.15) is 0 Å². The Morgan fingerprint density at radius 2 is 2.26 bits per heavy atom. The van der Waals surface area contributed by atoms with Crippen molar-refractivity contribution >= 4 is 11.6 Å². The van der Waals surface area contributed by atoms with E-state index < -0.39 is 22.3 Å². The molecule has 0 aromatic heterocycles. The number of methoxy groups -OCH3 is 1. The van der Waals surface area contributed by atoms with Gasteiger partial charge in [-0.25, -0.2) is 0 Å². The summed E-state index contributed by atoms with van der Waals surface area (Å²) >= 11 is 0. The van der Waals surface area contributed by atoms with Gasteiger partial charge in [0.2, 0.25) is 5.75 Å². The molecule has 1 amide bonds. The summed E-state index contributed by atoms with van der Waals surface area (Å²) in [6.45, 7) is 2.73. The second kappa shape index (κ2) is 6.69. The summed E-state index contributed by atoms with van der Waals surface area (Å²) in [4.78, 5) is 21.7. The molecule has 2 N–H and O–H groups in total. The zero-order valence-electron chi connectivity index (χ0n) is 10.8. The van der Waals surface area contributed by atoms with Crippen LogP contribution in [0.4, 0.5) is 5.69 Å². The van der Waals surface area contributed by atoms with Gasteiger partial charge in [-0.15, -0.1) is 0 Å². The molecule has 19 heavy (non-hydrogen) atoms. The van der Waals surface area contributed by atoms with Crippen LogP contribution in [-0.2, 0) is 4.74 Å². The number of hydrogen-bond acceptors (Lipinski definition) is 5. The summed E-state index contributed by atoms with van der Waals surface area (Å²) in [6.07, 6.45) is 0. The number of para-hydroxylation sites is 1. The number of ether oxygens (including phenoxy) is 1. The maximum absolute atomic E-state index is 11.8. The van der Waals surface area contributed by atoms with Crippen LogP contribution in [0.5, 0.6) is 5.75 Å². The molecule has 7 heteroatoms. The number of phenols is 1. The number of nitrogens with one attached hydrogen (secondary N) is 1. The Morgan fingerprint density at radius 1 is 1.58 bits per heavy atom. The Bertz CT molecular complexity index is 475. The number of phenolic OH excluding ortho intramolecular Hbond substituents is 1. The van der Waals surface area contributed by atoms with Gasteiger partial charge in [0.1, 0.15) is 0 Å². The highest BCUT2D eigenvalue weighted by Crippen LogP contribution is 2.28. The van der Waals surface area contributed by atoms with Crippen molar-refractivity contribution < 1.29 is 19.6 Å². The molecule has 1 rings (SSSR count). The number of carbonyl (C=O) groups excluding carboxylic acids is 1. The van der Waals surface area contributed by atoms with E-state index in [1.807, 2.05) is 6.92 Å². The van der Waals surface area contributed by atoms with E-state index in [-0.39, 0.29) is 11.5 Å². The van der Waals surface area contributed by atoms with E-state index in [0.717, 1.165) is 6.07 Å². The van der Waals surface area contributed by atoms with Crippen molar-refractivity contribution in [1.82, 2.24) is 5.32 Å². The van der Waals surface area contributed by atoms with Gasteiger partial charge in [0.25, 0.3) is 5.91 Å². The lowest BCUT2D eigenvalue weighted by Crippen LogP contribution is -2.30. The van der Waals surface area contributed by atoms with Gasteiger partial charge < -0.3 is 15.2 Å². The molecular formula is C12H16N2O5. The van der Waals surface area contributed by atoms with Gasteiger partial charge >= 0.3 is 5.69 Å². The van der Waals surface area contributed by atoms with Crippen LogP contribution >= 0.6 is 0 Å². The first kappa shape index (κ1) is 14.9. The number of nitro groups is 1. The zero-order valence-corrected chi connectivity index (χ0v) is 10.8. The van der Waals surface area contributed by atoms with Crippen molar-refractivity contribution in [2.75, 3.05) is 20.3 Å². The molecule has 0 saturated carbocycles. The molecule has 1 atom stereocenters. The van der Waals surface area contributed by atoms with Crippen molar-refractivity contribution in [2.45, 2.75) is 6.92 Å². The fourth-order valence-electron chi connectivity index (χ4n) is 1.57. The third-order valence-electron chi connectivity index (χ3n) is 2.52.